The third kappa shape index (κ3) is 3.80. The normalized spacial score (nSPS) is 21.9. The number of nitrogens with zero attached hydrogens (tertiary/aromatic N) is 3. The van der Waals surface area contributed by atoms with Crippen molar-refractivity contribution in [3.63, 3.8) is 0 Å². The monoisotopic (exact) mass is 293 g/mol. The van der Waals surface area contributed by atoms with Crippen LogP contribution >= 0.6 is 0 Å². The molecule has 1 fully saturated rings. The zero-order chi connectivity index (χ0) is 15.4. The van der Waals surface area contributed by atoms with Crippen molar-refractivity contribution in [1.82, 2.24) is 9.97 Å². The van der Waals surface area contributed by atoms with Gasteiger partial charge in [0.25, 0.3) is 0 Å². The Morgan fingerprint density at radius 1 is 1.29 bits per heavy atom. The predicted molar refractivity (Wildman–Crippen MR) is 82.6 cm³/mol. The van der Waals surface area contributed by atoms with Crippen molar-refractivity contribution in [3.8, 4) is 0 Å². The highest BCUT2D eigenvalue weighted by Crippen LogP contribution is 2.31. The van der Waals surface area contributed by atoms with Crippen molar-refractivity contribution in [1.29, 1.82) is 0 Å². The van der Waals surface area contributed by atoms with Gasteiger partial charge in [-0.05, 0) is 45.4 Å². The minimum absolute atomic E-state index is 0.0183. The van der Waals surface area contributed by atoms with E-state index in [0.717, 1.165) is 31.6 Å². The first-order chi connectivity index (χ1) is 10.0. The van der Waals surface area contributed by atoms with Crippen molar-refractivity contribution in [3.05, 3.63) is 15.8 Å². The zero-order valence-electron chi connectivity index (χ0n) is 12.8. The minimum Gasteiger partial charge on any atom is -0.361 e. The van der Waals surface area contributed by atoms with Gasteiger partial charge in [0.2, 0.25) is 11.8 Å². The van der Waals surface area contributed by atoms with Gasteiger partial charge in [0.05, 0.1) is 4.92 Å². The van der Waals surface area contributed by atoms with Crippen LogP contribution in [0.4, 0.5) is 17.5 Å². The zero-order valence-corrected chi connectivity index (χ0v) is 12.8. The van der Waals surface area contributed by atoms with Crippen LogP contribution < -0.4 is 10.6 Å². The number of nitro groups is 1. The molecule has 0 radical (unpaired) electrons. The SMILES string of the molecule is CCNc1nc(C)c([N+](=O)[O-])c(NC2CCC(C)CC2)n1. The van der Waals surface area contributed by atoms with E-state index in [-0.39, 0.29) is 11.7 Å². The lowest BCUT2D eigenvalue weighted by atomic mass is 9.87. The molecule has 0 bridgehead atoms. The summed E-state index contributed by atoms with van der Waals surface area (Å²) in [7, 11) is 0. The summed E-state index contributed by atoms with van der Waals surface area (Å²) in [5.74, 6) is 1.51. The lowest BCUT2D eigenvalue weighted by molar-refractivity contribution is -0.385. The number of hydrogen-bond acceptors (Lipinski definition) is 6. The molecule has 0 unspecified atom stereocenters. The Balaban J connectivity index is 2.24. The maximum Gasteiger partial charge on any atom is 0.332 e. The summed E-state index contributed by atoms with van der Waals surface area (Å²) in [5, 5.41) is 17.5. The van der Waals surface area contributed by atoms with Gasteiger partial charge in [-0.15, -0.1) is 0 Å². The van der Waals surface area contributed by atoms with E-state index in [0.29, 0.717) is 24.0 Å². The predicted octanol–water partition coefficient (Wildman–Crippen LogP) is 3.12. The molecule has 1 aliphatic carbocycles. The van der Waals surface area contributed by atoms with Crippen molar-refractivity contribution in [2.45, 2.75) is 52.5 Å². The fraction of sp³-hybridized carbons (Fsp3) is 0.714. The average molecular weight is 293 g/mol. The summed E-state index contributed by atoms with van der Waals surface area (Å²) in [6.45, 7) is 6.51. The molecule has 21 heavy (non-hydrogen) atoms. The highest BCUT2D eigenvalue weighted by molar-refractivity contribution is 5.61. The first kappa shape index (κ1) is 15.5. The summed E-state index contributed by atoms with van der Waals surface area (Å²) in [6, 6.07) is 0.253. The topological polar surface area (TPSA) is 93.0 Å². The summed E-state index contributed by atoms with van der Waals surface area (Å²) in [4.78, 5) is 19.3. The fourth-order valence-corrected chi connectivity index (χ4v) is 2.72. The van der Waals surface area contributed by atoms with Crippen LogP contribution in [0.5, 0.6) is 0 Å². The standard InChI is InChI=1S/C14H23N5O2/c1-4-15-14-16-10(3)12(19(20)21)13(18-14)17-11-7-5-9(2)6-8-11/h9,11H,4-8H2,1-3H3,(H2,15,16,17,18). The van der Waals surface area contributed by atoms with Gasteiger partial charge < -0.3 is 10.6 Å². The molecule has 0 amide bonds. The van der Waals surface area contributed by atoms with E-state index in [1.54, 1.807) is 6.92 Å². The van der Waals surface area contributed by atoms with Crippen LogP contribution in [0, 0.1) is 23.0 Å². The van der Waals surface area contributed by atoms with E-state index in [1.165, 1.54) is 0 Å². The number of anilines is 2. The smallest absolute Gasteiger partial charge is 0.332 e. The molecule has 1 aromatic rings. The Bertz CT molecular complexity index is 512. The van der Waals surface area contributed by atoms with Gasteiger partial charge in [-0.1, -0.05) is 6.92 Å². The quantitative estimate of drug-likeness (QED) is 0.640. The highest BCUT2D eigenvalue weighted by atomic mass is 16.6. The number of aromatic nitrogens is 2. The number of hydrogen-bond donors (Lipinski definition) is 2. The maximum atomic E-state index is 11.3. The van der Waals surface area contributed by atoms with Gasteiger partial charge in [-0.2, -0.15) is 4.98 Å². The van der Waals surface area contributed by atoms with Crippen molar-refractivity contribution >= 4 is 17.5 Å². The van der Waals surface area contributed by atoms with Crippen molar-refractivity contribution in [2.24, 2.45) is 5.92 Å². The van der Waals surface area contributed by atoms with E-state index >= 15 is 0 Å². The molecule has 0 aromatic carbocycles. The second-order valence-corrected chi connectivity index (χ2v) is 5.72. The van der Waals surface area contributed by atoms with Crippen LogP contribution in [0.2, 0.25) is 0 Å². The molecule has 2 N–H and O–H groups in total. The third-order valence-corrected chi connectivity index (χ3v) is 3.93. The molecule has 1 heterocycles. The summed E-state index contributed by atoms with van der Waals surface area (Å²) in [6.07, 6.45) is 4.35. The summed E-state index contributed by atoms with van der Waals surface area (Å²) in [5.41, 5.74) is 0.368. The molecular formula is C14H23N5O2. The number of nitrogens with one attached hydrogen (secondary N) is 2. The maximum absolute atomic E-state index is 11.3. The van der Waals surface area contributed by atoms with Crippen LogP contribution in [0.3, 0.4) is 0 Å². The second-order valence-electron chi connectivity index (χ2n) is 5.72. The lowest BCUT2D eigenvalue weighted by Crippen LogP contribution is -2.26. The van der Waals surface area contributed by atoms with Crippen LogP contribution in [0.15, 0.2) is 0 Å². The first-order valence-corrected chi connectivity index (χ1v) is 7.54. The Hall–Kier alpha value is -1.92. The van der Waals surface area contributed by atoms with Gasteiger partial charge in [-0.3, -0.25) is 10.1 Å². The van der Waals surface area contributed by atoms with Gasteiger partial charge >= 0.3 is 5.69 Å². The van der Waals surface area contributed by atoms with Crippen LogP contribution in [0.25, 0.3) is 0 Å². The van der Waals surface area contributed by atoms with Gasteiger partial charge in [-0.25, -0.2) is 4.98 Å². The summed E-state index contributed by atoms with van der Waals surface area (Å²) < 4.78 is 0. The molecular weight excluding hydrogens is 270 g/mol. The molecule has 0 saturated heterocycles. The molecule has 0 atom stereocenters. The largest absolute Gasteiger partial charge is 0.361 e. The molecule has 2 rings (SSSR count). The second kappa shape index (κ2) is 6.69. The van der Waals surface area contributed by atoms with Crippen molar-refractivity contribution < 1.29 is 4.92 Å². The Morgan fingerprint density at radius 2 is 1.95 bits per heavy atom. The number of aryl methyl sites for hydroxylation is 1. The molecule has 7 heteroatoms. The van der Waals surface area contributed by atoms with Gasteiger partial charge in [0, 0.05) is 12.6 Å². The van der Waals surface area contributed by atoms with Crippen molar-refractivity contribution in [2.75, 3.05) is 17.2 Å². The molecule has 0 spiro atoms. The fourth-order valence-electron chi connectivity index (χ4n) is 2.72. The van der Waals surface area contributed by atoms with E-state index < -0.39 is 4.92 Å². The van der Waals surface area contributed by atoms with Crippen LogP contribution in [-0.2, 0) is 0 Å². The Kier molecular flexibility index (Phi) is 4.93. The summed E-state index contributed by atoms with van der Waals surface area (Å²) >= 11 is 0. The molecule has 1 aromatic heterocycles. The molecule has 7 nitrogen and oxygen atoms in total. The molecule has 0 aliphatic heterocycles. The highest BCUT2D eigenvalue weighted by Gasteiger charge is 2.26. The van der Waals surface area contributed by atoms with Crippen LogP contribution in [-0.4, -0.2) is 27.5 Å². The van der Waals surface area contributed by atoms with Gasteiger partial charge in [0.15, 0.2) is 0 Å². The third-order valence-electron chi connectivity index (χ3n) is 3.93. The van der Waals surface area contributed by atoms with E-state index in [9.17, 15) is 10.1 Å². The van der Waals surface area contributed by atoms with E-state index in [1.807, 2.05) is 6.92 Å². The minimum atomic E-state index is -0.404. The first-order valence-electron chi connectivity index (χ1n) is 7.54. The molecule has 1 aliphatic rings. The molecule has 116 valence electrons. The average Bonchev–Trinajstić information content (AvgIpc) is 2.41. The number of rotatable bonds is 5. The molecule has 1 saturated carbocycles. The Labute approximate surface area is 124 Å². The lowest BCUT2D eigenvalue weighted by Gasteiger charge is -2.27. The Morgan fingerprint density at radius 3 is 2.52 bits per heavy atom. The van der Waals surface area contributed by atoms with Crippen LogP contribution in [0.1, 0.15) is 45.2 Å². The van der Waals surface area contributed by atoms with Gasteiger partial charge in [0.1, 0.15) is 5.69 Å². The van der Waals surface area contributed by atoms with E-state index in [2.05, 4.69) is 27.5 Å². The van der Waals surface area contributed by atoms with E-state index in [4.69, 9.17) is 0 Å².